The van der Waals surface area contributed by atoms with Crippen LogP contribution in [0, 0.1) is 0 Å². The zero-order valence-electron chi connectivity index (χ0n) is 11.0. The summed E-state index contributed by atoms with van der Waals surface area (Å²) < 4.78 is 20.4. The van der Waals surface area contributed by atoms with Gasteiger partial charge in [0, 0.05) is 0 Å². The second-order valence-corrected chi connectivity index (χ2v) is 4.87. The molecule has 0 bridgehead atoms. The van der Waals surface area contributed by atoms with Crippen molar-refractivity contribution in [3.8, 4) is 0 Å². The lowest BCUT2D eigenvalue weighted by Gasteiger charge is -2.22. The van der Waals surface area contributed by atoms with E-state index in [0.717, 1.165) is 25.7 Å². The fraction of sp³-hybridized carbons (Fsp3) is 0.846. The first-order chi connectivity index (χ1) is 9.24. The van der Waals surface area contributed by atoms with Crippen LogP contribution in [0.5, 0.6) is 0 Å². The minimum absolute atomic E-state index is 0.0437. The highest BCUT2D eigenvalue weighted by molar-refractivity contribution is 5.77. The molecule has 0 aromatic heterocycles. The summed E-state index contributed by atoms with van der Waals surface area (Å²) in [6.07, 6.45) is 3.89. The van der Waals surface area contributed by atoms with E-state index in [4.69, 9.17) is 18.9 Å². The molecule has 0 spiro atoms. The van der Waals surface area contributed by atoms with Crippen molar-refractivity contribution < 1.29 is 28.5 Å². The predicted molar refractivity (Wildman–Crippen MR) is 64.2 cm³/mol. The van der Waals surface area contributed by atoms with Crippen molar-refractivity contribution in [2.45, 2.75) is 50.7 Å². The normalized spacial score (nSPS) is 21.3. The summed E-state index contributed by atoms with van der Waals surface area (Å²) >= 11 is 0. The van der Waals surface area contributed by atoms with E-state index in [-0.39, 0.29) is 37.8 Å². The van der Waals surface area contributed by atoms with Gasteiger partial charge in [-0.3, -0.25) is 9.59 Å². The van der Waals surface area contributed by atoms with E-state index >= 15 is 0 Å². The number of hydrogen-bond acceptors (Lipinski definition) is 6. The SMILES string of the molecule is O=C(CCC(=O)OC1COCOC1)OC1CCCC1. The fourth-order valence-electron chi connectivity index (χ4n) is 2.23. The van der Waals surface area contributed by atoms with E-state index in [1.165, 1.54) is 0 Å². The van der Waals surface area contributed by atoms with Gasteiger partial charge in [-0.05, 0) is 25.7 Å². The average molecular weight is 272 g/mol. The Balaban J connectivity index is 1.58. The van der Waals surface area contributed by atoms with Crippen LogP contribution in [0.3, 0.4) is 0 Å². The largest absolute Gasteiger partial charge is 0.462 e. The maximum Gasteiger partial charge on any atom is 0.306 e. The summed E-state index contributed by atoms with van der Waals surface area (Å²) in [5.41, 5.74) is 0. The quantitative estimate of drug-likeness (QED) is 0.700. The lowest BCUT2D eigenvalue weighted by Crippen LogP contribution is -2.33. The molecule has 0 N–H and O–H groups in total. The third kappa shape index (κ3) is 5.16. The summed E-state index contributed by atoms with van der Waals surface area (Å²) in [6, 6.07) is 0. The van der Waals surface area contributed by atoms with Crippen LogP contribution in [-0.4, -0.2) is 44.2 Å². The van der Waals surface area contributed by atoms with Crippen LogP contribution in [0.2, 0.25) is 0 Å². The van der Waals surface area contributed by atoms with E-state index in [0.29, 0.717) is 13.2 Å². The summed E-state index contributed by atoms with van der Waals surface area (Å²) in [5, 5.41) is 0. The Kier molecular flexibility index (Phi) is 5.60. The van der Waals surface area contributed by atoms with Crippen LogP contribution < -0.4 is 0 Å². The minimum Gasteiger partial charge on any atom is -0.462 e. The molecule has 0 atom stereocenters. The third-order valence-corrected chi connectivity index (χ3v) is 3.21. The number of ether oxygens (including phenoxy) is 4. The van der Waals surface area contributed by atoms with Gasteiger partial charge in [-0.25, -0.2) is 0 Å². The summed E-state index contributed by atoms with van der Waals surface area (Å²) in [4.78, 5) is 23.0. The molecular formula is C13H20O6. The average Bonchev–Trinajstić information content (AvgIpc) is 2.90. The van der Waals surface area contributed by atoms with Crippen molar-refractivity contribution in [2.24, 2.45) is 0 Å². The Morgan fingerprint density at radius 2 is 1.42 bits per heavy atom. The Hall–Kier alpha value is -1.14. The maximum absolute atomic E-state index is 11.5. The van der Waals surface area contributed by atoms with Gasteiger partial charge in [-0.2, -0.15) is 0 Å². The van der Waals surface area contributed by atoms with Gasteiger partial charge in [0.05, 0.1) is 26.1 Å². The zero-order chi connectivity index (χ0) is 13.5. The smallest absolute Gasteiger partial charge is 0.306 e. The molecule has 1 heterocycles. The van der Waals surface area contributed by atoms with E-state index in [9.17, 15) is 9.59 Å². The lowest BCUT2D eigenvalue weighted by molar-refractivity contribution is -0.183. The first kappa shape index (κ1) is 14.3. The van der Waals surface area contributed by atoms with Crippen molar-refractivity contribution >= 4 is 11.9 Å². The standard InChI is InChI=1S/C13H20O6/c14-12(18-10-3-1-2-4-10)5-6-13(15)19-11-7-16-9-17-8-11/h10-11H,1-9H2. The molecule has 1 aliphatic heterocycles. The van der Waals surface area contributed by atoms with Gasteiger partial charge >= 0.3 is 11.9 Å². The van der Waals surface area contributed by atoms with Crippen LogP contribution >= 0.6 is 0 Å². The summed E-state index contributed by atoms with van der Waals surface area (Å²) in [7, 11) is 0. The molecule has 19 heavy (non-hydrogen) atoms. The van der Waals surface area contributed by atoms with Gasteiger partial charge in [0.2, 0.25) is 0 Å². The van der Waals surface area contributed by atoms with E-state index in [2.05, 4.69) is 0 Å². The van der Waals surface area contributed by atoms with Gasteiger partial charge in [-0.15, -0.1) is 0 Å². The Labute approximate surface area is 112 Å². The van der Waals surface area contributed by atoms with Gasteiger partial charge in [-0.1, -0.05) is 0 Å². The Morgan fingerprint density at radius 1 is 0.895 bits per heavy atom. The maximum atomic E-state index is 11.5. The van der Waals surface area contributed by atoms with Crippen LogP contribution in [0.4, 0.5) is 0 Å². The molecule has 0 unspecified atom stereocenters. The monoisotopic (exact) mass is 272 g/mol. The van der Waals surface area contributed by atoms with Crippen molar-refractivity contribution in [1.82, 2.24) is 0 Å². The predicted octanol–water partition coefficient (Wildman–Crippen LogP) is 1.17. The molecule has 2 rings (SSSR count). The highest BCUT2D eigenvalue weighted by Crippen LogP contribution is 2.21. The highest BCUT2D eigenvalue weighted by atomic mass is 16.7. The number of carbonyl (C=O) groups is 2. The molecule has 1 saturated carbocycles. The van der Waals surface area contributed by atoms with Crippen molar-refractivity contribution in [3.63, 3.8) is 0 Å². The van der Waals surface area contributed by atoms with Crippen molar-refractivity contribution in [2.75, 3.05) is 20.0 Å². The molecule has 1 saturated heterocycles. The summed E-state index contributed by atoms with van der Waals surface area (Å²) in [5.74, 6) is -0.734. The number of esters is 2. The molecule has 2 fully saturated rings. The van der Waals surface area contributed by atoms with Gasteiger partial charge in [0.1, 0.15) is 19.0 Å². The second kappa shape index (κ2) is 7.45. The molecule has 6 heteroatoms. The van der Waals surface area contributed by atoms with E-state index in [1.807, 2.05) is 0 Å². The number of rotatable bonds is 5. The molecule has 0 radical (unpaired) electrons. The molecule has 6 nitrogen and oxygen atoms in total. The topological polar surface area (TPSA) is 71.1 Å². The van der Waals surface area contributed by atoms with Crippen LogP contribution in [0.25, 0.3) is 0 Å². The van der Waals surface area contributed by atoms with Crippen LogP contribution in [0.1, 0.15) is 38.5 Å². The molecule has 0 aromatic carbocycles. The first-order valence-corrected chi connectivity index (χ1v) is 6.78. The Morgan fingerprint density at radius 3 is 2.00 bits per heavy atom. The molecular weight excluding hydrogens is 252 g/mol. The highest BCUT2D eigenvalue weighted by Gasteiger charge is 2.22. The van der Waals surface area contributed by atoms with Gasteiger partial charge in [0.15, 0.2) is 0 Å². The second-order valence-electron chi connectivity index (χ2n) is 4.87. The van der Waals surface area contributed by atoms with Crippen LogP contribution in [0.15, 0.2) is 0 Å². The molecule has 0 aromatic rings. The Bertz CT molecular complexity index is 304. The molecule has 0 amide bonds. The number of hydrogen-bond donors (Lipinski definition) is 0. The van der Waals surface area contributed by atoms with Gasteiger partial charge < -0.3 is 18.9 Å². The molecule has 1 aliphatic carbocycles. The third-order valence-electron chi connectivity index (χ3n) is 3.21. The molecule has 2 aliphatic rings. The van der Waals surface area contributed by atoms with E-state index < -0.39 is 5.97 Å². The van der Waals surface area contributed by atoms with Crippen LogP contribution in [-0.2, 0) is 28.5 Å². The fourth-order valence-corrected chi connectivity index (χ4v) is 2.23. The lowest BCUT2D eigenvalue weighted by atomic mass is 10.3. The minimum atomic E-state index is -0.414. The van der Waals surface area contributed by atoms with Crippen molar-refractivity contribution in [1.29, 1.82) is 0 Å². The van der Waals surface area contributed by atoms with Gasteiger partial charge in [0.25, 0.3) is 0 Å². The number of carbonyl (C=O) groups excluding carboxylic acids is 2. The van der Waals surface area contributed by atoms with Crippen molar-refractivity contribution in [3.05, 3.63) is 0 Å². The van der Waals surface area contributed by atoms with E-state index in [1.54, 1.807) is 0 Å². The molecule has 108 valence electrons. The first-order valence-electron chi connectivity index (χ1n) is 6.78. The summed E-state index contributed by atoms with van der Waals surface area (Å²) in [6.45, 7) is 0.929. The zero-order valence-corrected chi connectivity index (χ0v) is 11.0.